The monoisotopic (exact) mass is 498 g/mol. The lowest BCUT2D eigenvalue weighted by molar-refractivity contribution is 0.101. The Balaban J connectivity index is 1.23. The summed E-state index contributed by atoms with van der Waals surface area (Å²) in [4.78, 5) is 21.2. The van der Waals surface area contributed by atoms with Crippen LogP contribution in [0.1, 0.15) is 35.7 Å². The molecule has 4 heterocycles. The van der Waals surface area contributed by atoms with Gasteiger partial charge in [0.2, 0.25) is 0 Å². The summed E-state index contributed by atoms with van der Waals surface area (Å²) in [6.45, 7) is 4.02. The van der Waals surface area contributed by atoms with Gasteiger partial charge >= 0.3 is 6.03 Å². The minimum Gasteiger partial charge on any atom is -0.496 e. The molecule has 192 valence electrons. The lowest BCUT2D eigenvalue weighted by Crippen LogP contribution is -2.56. The zero-order valence-corrected chi connectivity index (χ0v) is 20.6. The highest BCUT2D eigenvalue weighted by molar-refractivity contribution is 5.75. The lowest BCUT2D eigenvalue weighted by atomic mass is 9.95. The minimum atomic E-state index is -1.16. The van der Waals surface area contributed by atoms with Gasteiger partial charge in [0.25, 0.3) is 0 Å². The number of nitrogens with one attached hydrogen (secondary N) is 3. The van der Waals surface area contributed by atoms with Crippen LogP contribution in [0.25, 0.3) is 0 Å². The quantitative estimate of drug-likeness (QED) is 0.588. The summed E-state index contributed by atoms with van der Waals surface area (Å²) in [5, 5.41) is 2.91. The van der Waals surface area contributed by atoms with Crippen molar-refractivity contribution in [2.75, 3.05) is 33.3 Å². The maximum atomic E-state index is 14.9. The average Bonchev–Trinajstić information content (AvgIpc) is 3.30. The van der Waals surface area contributed by atoms with Crippen molar-refractivity contribution in [3.63, 3.8) is 0 Å². The molecule has 0 saturated carbocycles. The van der Waals surface area contributed by atoms with E-state index >= 15 is 0 Å². The molecule has 0 bridgehead atoms. The van der Waals surface area contributed by atoms with E-state index in [1.54, 1.807) is 23.2 Å². The third-order valence-electron chi connectivity index (χ3n) is 7.24. The molecule has 3 aliphatic rings. The van der Waals surface area contributed by atoms with Crippen molar-refractivity contribution < 1.29 is 18.3 Å². The molecule has 0 radical (unpaired) electrons. The molecule has 0 aliphatic carbocycles. The fourth-order valence-electron chi connectivity index (χ4n) is 5.27. The van der Waals surface area contributed by atoms with Gasteiger partial charge in [-0.15, -0.1) is 0 Å². The lowest BCUT2D eigenvalue weighted by Gasteiger charge is -2.37. The van der Waals surface area contributed by atoms with Crippen LogP contribution < -0.4 is 20.9 Å². The van der Waals surface area contributed by atoms with Crippen LogP contribution in [0.3, 0.4) is 0 Å². The zero-order chi connectivity index (χ0) is 25.2. The Morgan fingerprint density at radius 3 is 2.97 bits per heavy atom. The predicted molar refractivity (Wildman–Crippen MR) is 131 cm³/mol. The number of rotatable bonds is 5. The Kier molecular flexibility index (Phi) is 7.06. The number of urea groups is 1. The summed E-state index contributed by atoms with van der Waals surface area (Å²) in [5.41, 5.74) is 11.2. The molecule has 3 atom stereocenters. The first-order valence-electron chi connectivity index (χ1n) is 12.3. The molecule has 5 rings (SSSR count). The molecule has 3 aliphatic heterocycles. The number of hydrazine groups is 1. The van der Waals surface area contributed by atoms with Gasteiger partial charge in [0.15, 0.2) is 0 Å². The first-order valence-corrected chi connectivity index (χ1v) is 12.3. The standard InChI is InChI=1S/C26H32F2N6O2/c1-16-12-17(6-9-29-16)25-19-14-34(11-8-22(19)31-32-25)26(35)30-23-15-33(10-7-21(23)28)13-18-20(27)4-3-5-24(18)36-2/h3-6,9,12,21,23,25,31-32H,7-8,10-11,13-15H2,1-2H3,(H,30,35). The van der Waals surface area contributed by atoms with Gasteiger partial charge in [-0.2, -0.15) is 0 Å². The Morgan fingerprint density at radius 2 is 2.17 bits per heavy atom. The molecule has 0 spiro atoms. The zero-order valence-electron chi connectivity index (χ0n) is 20.6. The van der Waals surface area contributed by atoms with E-state index in [1.807, 2.05) is 24.0 Å². The van der Waals surface area contributed by atoms with Crippen LogP contribution in [0.2, 0.25) is 0 Å². The van der Waals surface area contributed by atoms with Gasteiger partial charge in [0, 0.05) is 62.3 Å². The molecule has 1 saturated heterocycles. The average molecular weight is 499 g/mol. The van der Waals surface area contributed by atoms with E-state index in [1.165, 1.54) is 13.2 Å². The molecule has 36 heavy (non-hydrogen) atoms. The Labute approximate surface area is 209 Å². The number of amides is 2. The molecule has 1 fully saturated rings. The number of methoxy groups -OCH3 is 1. The van der Waals surface area contributed by atoms with Crippen molar-refractivity contribution >= 4 is 6.03 Å². The minimum absolute atomic E-state index is 0.0489. The molecule has 3 N–H and O–H groups in total. The molecule has 1 aromatic heterocycles. The highest BCUT2D eigenvalue weighted by Crippen LogP contribution is 2.32. The van der Waals surface area contributed by atoms with Crippen LogP contribution >= 0.6 is 0 Å². The van der Waals surface area contributed by atoms with E-state index in [-0.39, 0.29) is 24.3 Å². The summed E-state index contributed by atoms with van der Waals surface area (Å²) >= 11 is 0. The number of aromatic nitrogens is 1. The summed E-state index contributed by atoms with van der Waals surface area (Å²) in [6.07, 6.45) is 1.59. The van der Waals surface area contributed by atoms with Gasteiger partial charge < -0.3 is 20.4 Å². The van der Waals surface area contributed by atoms with E-state index in [0.717, 1.165) is 22.5 Å². The topological polar surface area (TPSA) is 81.8 Å². The van der Waals surface area contributed by atoms with E-state index in [9.17, 15) is 13.6 Å². The molecule has 3 unspecified atom stereocenters. The second kappa shape index (κ2) is 10.4. The summed E-state index contributed by atoms with van der Waals surface area (Å²) in [7, 11) is 1.50. The van der Waals surface area contributed by atoms with E-state index in [0.29, 0.717) is 50.5 Å². The van der Waals surface area contributed by atoms with Crippen LogP contribution in [0.5, 0.6) is 5.75 Å². The Bertz CT molecular complexity index is 1160. The molecule has 10 heteroatoms. The number of ether oxygens (including phenoxy) is 1. The number of aryl methyl sites for hydroxylation is 1. The Hall–Kier alpha value is -3.24. The molecule has 2 amide bonds. The number of halogens is 2. The number of pyridine rings is 1. The summed E-state index contributed by atoms with van der Waals surface area (Å²) < 4.78 is 34.6. The maximum absolute atomic E-state index is 14.9. The normalized spacial score (nSPS) is 24.3. The number of hydrogen-bond donors (Lipinski definition) is 3. The van der Waals surface area contributed by atoms with Gasteiger partial charge in [-0.25, -0.2) is 19.0 Å². The molecular weight excluding hydrogens is 466 g/mol. The summed E-state index contributed by atoms with van der Waals surface area (Å²) in [6, 6.07) is 7.71. The van der Waals surface area contributed by atoms with E-state index in [2.05, 4.69) is 21.2 Å². The van der Waals surface area contributed by atoms with Gasteiger partial charge in [0.05, 0.1) is 19.2 Å². The van der Waals surface area contributed by atoms with Gasteiger partial charge in [-0.1, -0.05) is 6.07 Å². The Morgan fingerprint density at radius 1 is 1.31 bits per heavy atom. The number of alkyl halides is 1. The van der Waals surface area contributed by atoms with Gasteiger partial charge in [-0.05, 0) is 48.7 Å². The summed E-state index contributed by atoms with van der Waals surface area (Å²) in [5.74, 6) is 0.112. The molecule has 1 aromatic carbocycles. The number of likely N-dealkylation sites (tertiary alicyclic amines) is 1. The number of nitrogens with zero attached hydrogens (tertiary/aromatic N) is 3. The highest BCUT2D eigenvalue weighted by Gasteiger charge is 2.36. The molecule has 8 nitrogen and oxygen atoms in total. The SMILES string of the molecule is COc1cccc(F)c1CN1CCC(F)C(NC(=O)N2CCC3=C(C2)C(c2ccnc(C)c2)NN3)C1. The van der Waals surface area contributed by atoms with Crippen LogP contribution in [0.4, 0.5) is 13.6 Å². The first kappa shape index (κ1) is 24.5. The second-order valence-corrected chi connectivity index (χ2v) is 9.62. The van der Waals surface area contributed by atoms with E-state index in [4.69, 9.17) is 4.74 Å². The van der Waals surface area contributed by atoms with Crippen LogP contribution in [-0.2, 0) is 6.54 Å². The van der Waals surface area contributed by atoms with Crippen molar-refractivity contribution in [2.24, 2.45) is 0 Å². The van der Waals surface area contributed by atoms with Crippen molar-refractivity contribution in [3.05, 3.63) is 70.4 Å². The van der Waals surface area contributed by atoms with E-state index < -0.39 is 12.2 Å². The molecule has 2 aromatic rings. The third-order valence-corrected chi connectivity index (χ3v) is 7.24. The predicted octanol–water partition coefficient (Wildman–Crippen LogP) is 2.97. The van der Waals surface area contributed by atoms with Crippen LogP contribution in [0.15, 0.2) is 47.8 Å². The number of piperidine rings is 1. The van der Waals surface area contributed by atoms with Gasteiger partial charge in [-0.3, -0.25) is 9.88 Å². The van der Waals surface area contributed by atoms with Crippen molar-refractivity contribution in [1.82, 2.24) is 31.0 Å². The maximum Gasteiger partial charge on any atom is 0.318 e. The van der Waals surface area contributed by atoms with Crippen molar-refractivity contribution in [1.29, 1.82) is 0 Å². The first-order chi connectivity index (χ1) is 17.4. The van der Waals surface area contributed by atoms with Gasteiger partial charge in [0.1, 0.15) is 17.7 Å². The molecular formula is C26H32F2N6O2. The number of hydrogen-bond acceptors (Lipinski definition) is 6. The number of benzene rings is 1. The largest absolute Gasteiger partial charge is 0.496 e. The fourth-order valence-corrected chi connectivity index (χ4v) is 5.27. The van der Waals surface area contributed by atoms with Crippen LogP contribution in [-0.4, -0.2) is 66.3 Å². The third kappa shape index (κ3) is 5.01. The van der Waals surface area contributed by atoms with Crippen LogP contribution in [0, 0.1) is 12.7 Å². The number of carbonyl (C=O) groups is 1. The second-order valence-electron chi connectivity index (χ2n) is 9.62. The number of carbonyl (C=O) groups excluding carboxylic acids is 1. The highest BCUT2D eigenvalue weighted by atomic mass is 19.1. The van der Waals surface area contributed by atoms with Crippen molar-refractivity contribution in [2.45, 2.75) is 44.6 Å². The fraction of sp³-hybridized carbons (Fsp3) is 0.462. The van der Waals surface area contributed by atoms with Crippen molar-refractivity contribution in [3.8, 4) is 5.75 Å². The smallest absolute Gasteiger partial charge is 0.318 e.